The van der Waals surface area contributed by atoms with E-state index in [-0.39, 0.29) is 60.0 Å². The fourth-order valence-corrected chi connectivity index (χ4v) is 6.26. The minimum absolute atomic E-state index is 0.0674. The summed E-state index contributed by atoms with van der Waals surface area (Å²) in [4.78, 5) is 29.3. The van der Waals surface area contributed by atoms with Crippen LogP contribution in [0.4, 0.5) is 20.6 Å². The van der Waals surface area contributed by atoms with Crippen molar-refractivity contribution in [1.29, 1.82) is 0 Å². The number of amides is 3. The molecule has 2 aromatic carbocycles. The molecule has 4 rings (SSSR count). The Balaban J connectivity index is 1.62. The van der Waals surface area contributed by atoms with Crippen LogP contribution in [0.5, 0.6) is 5.75 Å². The summed E-state index contributed by atoms with van der Waals surface area (Å²) in [6.07, 6.45) is -0.701. The molecule has 43 heavy (non-hydrogen) atoms. The van der Waals surface area contributed by atoms with Crippen LogP contribution in [-0.2, 0) is 21.2 Å². The van der Waals surface area contributed by atoms with Gasteiger partial charge in [-0.15, -0.1) is 0 Å². The third kappa shape index (κ3) is 7.43. The summed E-state index contributed by atoms with van der Waals surface area (Å²) in [6.45, 7) is 6.76. The molecule has 232 valence electrons. The van der Waals surface area contributed by atoms with Crippen molar-refractivity contribution in [2.45, 2.75) is 51.2 Å². The van der Waals surface area contributed by atoms with Gasteiger partial charge in [0.1, 0.15) is 23.4 Å². The second-order valence-corrected chi connectivity index (χ2v) is 12.4. The summed E-state index contributed by atoms with van der Waals surface area (Å²) in [5, 5.41) is 16.3. The summed E-state index contributed by atoms with van der Waals surface area (Å²) in [5.74, 6) is -0.468. The molecule has 0 aliphatic carbocycles. The Labute approximate surface area is 249 Å². The molecule has 3 N–H and O–H groups in total. The maximum atomic E-state index is 13.5. The van der Waals surface area contributed by atoms with Crippen LogP contribution in [0.15, 0.2) is 51.9 Å². The molecule has 1 aliphatic heterocycles. The first-order valence-electron chi connectivity index (χ1n) is 13.7. The zero-order chi connectivity index (χ0) is 31.5. The summed E-state index contributed by atoms with van der Waals surface area (Å²) in [6, 6.07) is 9.10. The summed E-state index contributed by atoms with van der Waals surface area (Å²) < 4.78 is 53.5. The number of urea groups is 1. The topological polar surface area (TPSA) is 154 Å². The fraction of sp³-hybridized carbons (Fsp3) is 0.414. The van der Waals surface area contributed by atoms with Gasteiger partial charge in [-0.25, -0.2) is 17.6 Å². The van der Waals surface area contributed by atoms with Gasteiger partial charge in [-0.1, -0.05) is 12.1 Å². The molecule has 3 aromatic rings. The summed E-state index contributed by atoms with van der Waals surface area (Å²) in [5.41, 5.74) is 1.27. The van der Waals surface area contributed by atoms with Gasteiger partial charge in [-0.05, 0) is 63.2 Å². The normalized spacial score (nSPS) is 18.0. The van der Waals surface area contributed by atoms with E-state index in [4.69, 9.17) is 9.26 Å². The van der Waals surface area contributed by atoms with Gasteiger partial charge in [-0.3, -0.25) is 9.52 Å². The van der Waals surface area contributed by atoms with Crippen molar-refractivity contribution in [3.63, 3.8) is 0 Å². The largest absolute Gasteiger partial charge is 0.488 e. The average molecular weight is 618 g/mol. The van der Waals surface area contributed by atoms with Gasteiger partial charge < -0.3 is 29.5 Å². The number of aryl methyl sites for hydroxylation is 2. The second kappa shape index (κ2) is 13.0. The van der Waals surface area contributed by atoms with Crippen molar-refractivity contribution in [3.05, 3.63) is 65.3 Å². The minimum Gasteiger partial charge on any atom is -0.488 e. The number of nitrogens with one attached hydrogen (secondary N) is 2. The quantitative estimate of drug-likeness (QED) is 0.347. The van der Waals surface area contributed by atoms with E-state index in [9.17, 15) is 27.5 Å². The van der Waals surface area contributed by atoms with Gasteiger partial charge in [0.15, 0.2) is 10.7 Å². The number of hydrogen-bond donors (Lipinski definition) is 3. The van der Waals surface area contributed by atoms with Crippen molar-refractivity contribution >= 4 is 33.3 Å². The lowest BCUT2D eigenvalue weighted by Gasteiger charge is -2.34. The smallest absolute Gasteiger partial charge is 0.321 e. The monoisotopic (exact) mass is 617 g/mol. The Kier molecular flexibility index (Phi) is 9.60. The number of rotatable bonds is 8. The first-order chi connectivity index (χ1) is 20.3. The lowest BCUT2D eigenvalue weighted by molar-refractivity contribution is -0.134. The van der Waals surface area contributed by atoms with E-state index in [0.717, 1.165) is 0 Å². The Morgan fingerprint density at radius 3 is 2.51 bits per heavy atom. The van der Waals surface area contributed by atoms with E-state index in [1.54, 1.807) is 24.9 Å². The SMILES string of the molecule is Cc1noc(C)c1S(=O)(=O)Nc1ccc2c(c1)CC(=O)N([C@H](C)CO)C[C@@H](C)[C@@H](CN(C)C(=O)Nc1ccc(F)cc1)O2. The zero-order valence-corrected chi connectivity index (χ0v) is 25.4. The van der Waals surface area contributed by atoms with E-state index in [1.165, 1.54) is 55.1 Å². The molecule has 3 amide bonds. The van der Waals surface area contributed by atoms with Crippen LogP contribution in [0.3, 0.4) is 0 Å². The lowest BCUT2D eigenvalue weighted by atomic mass is 10.0. The molecule has 0 fully saturated rings. The standard InChI is InChI=1S/C29H36FN5O7S/c1-17-14-35(18(2)16-36)27(37)13-21-12-24(33-43(39,40)28-19(3)32-42-20(28)4)10-11-25(21)41-26(17)15-34(5)29(38)31-23-8-6-22(30)7-9-23/h6-12,17-18,26,33,36H,13-16H2,1-5H3,(H,31,38)/t17-,18-,26-/m1/s1. The maximum absolute atomic E-state index is 13.5. The fourth-order valence-electron chi connectivity index (χ4n) is 4.88. The Bertz CT molecular complexity index is 1560. The number of aliphatic hydroxyl groups is 1. The van der Waals surface area contributed by atoms with Crippen LogP contribution in [0.25, 0.3) is 0 Å². The molecule has 0 saturated carbocycles. The maximum Gasteiger partial charge on any atom is 0.321 e. The number of carbonyl (C=O) groups is 2. The molecule has 12 nitrogen and oxygen atoms in total. The van der Waals surface area contributed by atoms with Crippen LogP contribution >= 0.6 is 0 Å². The van der Waals surface area contributed by atoms with Crippen LogP contribution in [0.1, 0.15) is 30.9 Å². The van der Waals surface area contributed by atoms with Crippen LogP contribution in [-0.4, -0.2) is 79.3 Å². The predicted octanol–water partition coefficient (Wildman–Crippen LogP) is 3.54. The number of aromatic nitrogens is 1. The number of ether oxygens (including phenoxy) is 1. The number of aliphatic hydroxyl groups excluding tert-OH is 1. The molecule has 0 spiro atoms. The highest BCUT2D eigenvalue weighted by Crippen LogP contribution is 2.31. The van der Waals surface area contributed by atoms with Gasteiger partial charge >= 0.3 is 6.03 Å². The molecule has 0 bridgehead atoms. The molecule has 2 heterocycles. The highest BCUT2D eigenvalue weighted by atomic mass is 32.2. The first-order valence-corrected chi connectivity index (χ1v) is 15.2. The van der Waals surface area contributed by atoms with E-state index in [0.29, 0.717) is 17.0 Å². The third-order valence-corrected chi connectivity index (χ3v) is 8.93. The zero-order valence-electron chi connectivity index (χ0n) is 24.6. The van der Waals surface area contributed by atoms with E-state index in [2.05, 4.69) is 15.2 Å². The van der Waals surface area contributed by atoms with Gasteiger partial charge in [0, 0.05) is 36.4 Å². The molecule has 3 atom stereocenters. The Morgan fingerprint density at radius 2 is 1.88 bits per heavy atom. The molecule has 1 aromatic heterocycles. The number of nitrogens with zero attached hydrogens (tertiary/aromatic N) is 3. The number of sulfonamides is 1. The number of likely N-dealkylation sites (N-methyl/N-ethyl adjacent to an activating group) is 1. The van der Waals surface area contributed by atoms with Crippen molar-refractivity contribution in [2.24, 2.45) is 5.92 Å². The van der Waals surface area contributed by atoms with Gasteiger partial charge in [0.25, 0.3) is 10.0 Å². The van der Waals surface area contributed by atoms with Gasteiger partial charge in [-0.2, -0.15) is 0 Å². The first kappa shape index (κ1) is 31.8. The number of halogens is 1. The molecule has 0 unspecified atom stereocenters. The Hall–Kier alpha value is -4.17. The number of carbonyl (C=O) groups excluding carboxylic acids is 2. The minimum atomic E-state index is -4.04. The van der Waals surface area contributed by atoms with Crippen LogP contribution in [0.2, 0.25) is 0 Å². The van der Waals surface area contributed by atoms with Crippen LogP contribution in [0, 0.1) is 25.6 Å². The van der Waals surface area contributed by atoms with E-state index in [1.807, 2.05) is 6.92 Å². The molecule has 14 heteroatoms. The molecular weight excluding hydrogens is 581 g/mol. The van der Waals surface area contributed by atoms with E-state index < -0.39 is 34.0 Å². The van der Waals surface area contributed by atoms with Crippen molar-refractivity contribution < 1.29 is 36.8 Å². The highest BCUT2D eigenvalue weighted by molar-refractivity contribution is 7.92. The average Bonchev–Trinajstić information content (AvgIpc) is 3.32. The Morgan fingerprint density at radius 1 is 1.21 bits per heavy atom. The molecule has 0 saturated heterocycles. The van der Waals surface area contributed by atoms with Gasteiger partial charge in [0.05, 0.1) is 25.6 Å². The van der Waals surface area contributed by atoms with Crippen LogP contribution < -0.4 is 14.8 Å². The number of hydrogen-bond acceptors (Lipinski definition) is 8. The lowest BCUT2D eigenvalue weighted by Crippen LogP contribution is -2.48. The van der Waals surface area contributed by atoms with Crippen molar-refractivity contribution in [1.82, 2.24) is 15.0 Å². The number of benzene rings is 2. The van der Waals surface area contributed by atoms with Crippen molar-refractivity contribution in [3.8, 4) is 5.75 Å². The second-order valence-electron chi connectivity index (χ2n) is 10.8. The molecule has 0 radical (unpaired) electrons. The summed E-state index contributed by atoms with van der Waals surface area (Å²) in [7, 11) is -2.45. The van der Waals surface area contributed by atoms with E-state index >= 15 is 0 Å². The summed E-state index contributed by atoms with van der Waals surface area (Å²) >= 11 is 0. The number of fused-ring (bicyclic) bond motifs is 1. The predicted molar refractivity (Wildman–Crippen MR) is 157 cm³/mol. The highest BCUT2D eigenvalue weighted by Gasteiger charge is 2.32. The molecular formula is C29H36FN5O7S. The third-order valence-electron chi connectivity index (χ3n) is 7.30. The van der Waals surface area contributed by atoms with Crippen molar-refractivity contribution in [2.75, 3.05) is 36.8 Å². The number of anilines is 2. The van der Waals surface area contributed by atoms with Gasteiger partial charge in [0.2, 0.25) is 5.91 Å². The molecule has 1 aliphatic rings.